The number of nitrogens with zero attached hydrogens (tertiary/aromatic N) is 1. The van der Waals surface area contributed by atoms with Gasteiger partial charge in [-0.05, 0) is 28.8 Å². The van der Waals surface area contributed by atoms with Crippen LogP contribution in [-0.4, -0.2) is 45.5 Å². The number of benzene rings is 2. The highest BCUT2D eigenvalue weighted by Crippen LogP contribution is 2.13. The number of hydrogen-bond donors (Lipinski definition) is 2. The molecule has 1 amide bonds. The van der Waals surface area contributed by atoms with E-state index in [1.807, 2.05) is 18.2 Å². The summed E-state index contributed by atoms with van der Waals surface area (Å²) in [4.78, 5) is 14.7. The minimum Gasteiger partial charge on any atom is -0.379 e. The molecule has 0 bridgehead atoms. The maximum absolute atomic E-state index is 12.3. The molecule has 0 unspecified atom stereocenters. The Labute approximate surface area is 165 Å². The SMILES string of the molecule is NS(=O)(=O)c1ccc(CC(=O)NCc2ccccc2CN2CCOCC2)cc1. The third kappa shape index (κ3) is 5.87. The number of primary sulfonamides is 1. The standard InChI is InChI=1S/C20H25N3O4S/c21-28(25,26)19-7-5-16(6-8-19)13-20(24)22-14-17-3-1-2-4-18(17)15-23-9-11-27-12-10-23/h1-8H,9-15H2,(H,22,24)(H2,21,25,26). The van der Waals surface area contributed by atoms with E-state index in [1.54, 1.807) is 12.1 Å². The Hall–Kier alpha value is -2.26. The van der Waals surface area contributed by atoms with Crippen LogP contribution < -0.4 is 10.5 Å². The van der Waals surface area contributed by atoms with Crippen molar-refractivity contribution < 1.29 is 17.9 Å². The highest BCUT2D eigenvalue weighted by atomic mass is 32.2. The van der Waals surface area contributed by atoms with E-state index in [0.717, 1.165) is 44.0 Å². The molecule has 1 aliphatic heterocycles. The predicted molar refractivity (Wildman–Crippen MR) is 106 cm³/mol. The number of rotatable bonds is 7. The van der Waals surface area contributed by atoms with Gasteiger partial charge in [0.05, 0.1) is 24.5 Å². The van der Waals surface area contributed by atoms with Gasteiger partial charge in [-0.25, -0.2) is 13.6 Å². The number of amides is 1. The highest BCUT2D eigenvalue weighted by Gasteiger charge is 2.13. The Balaban J connectivity index is 1.56. The lowest BCUT2D eigenvalue weighted by atomic mass is 10.1. The molecule has 0 spiro atoms. The summed E-state index contributed by atoms with van der Waals surface area (Å²) in [7, 11) is -3.72. The van der Waals surface area contributed by atoms with Crippen LogP contribution >= 0.6 is 0 Å². The predicted octanol–water partition coefficient (Wildman–Crippen LogP) is 1.03. The molecule has 1 heterocycles. The van der Waals surface area contributed by atoms with Crippen LogP contribution in [0.4, 0.5) is 0 Å². The Morgan fingerprint density at radius 3 is 2.32 bits per heavy atom. The maximum atomic E-state index is 12.3. The van der Waals surface area contributed by atoms with E-state index in [4.69, 9.17) is 9.88 Å². The molecule has 150 valence electrons. The van der Waals surface area contributed by atoms with Gasteiger partial charge >= 0.3 is 0 Å². The number of morpholine rings is 1. The van der Waals surface area contributed by atoms with E-state index in [9.17, 15) is 13.2 Å². The molecular formula is C20H25N3O4S. The van der Waals surface area contributed by atoms with Crippen molar-refractivity contribution in [2.75, 3.05) is 26.3 Å². The molecule has 1 fully saturated rings. The van der Waals surface area contributed by atoms with Crippen molar-refractivity contribution in [3.8, 4) is 0 Å². The van der Waals surface area contributed by atoms with E-state index >= 15 is 0 Å². The summed E-state index contributed by atoms with van der Waals surface area (Å²) in [5.41, 5.74) is 3.01. The third-order valence-corrected chi connectivity index (χ3v) is 5.64. The average molecular weight is 404 g/mol. The van der Waals surface area contributed by atoms with Crippen molar-refractivity contribution in [1.29, 1.82) is 0 Å². The van der Waals surface area contributed by atoms with Crippen LogP contribution in [0.2, 0.25) is 0 Å². The second-order valence-electron chi connectivity index (χ2n) is 6.80. The van der Waals surface area contributed by atoms with Crippen molar-refractivity contribution in [1.82, 2.24) is 10.2 Å². The summed E-state index contributed by atoms with van der Waals surface area (Å²) in [5.74, 6) is -0.121. The number of nitrogens with one attached hydrogen (secondary N) is 1. The van der Waals surface area contributed by atoms with E-state index in [0.29, 0.717) is 6.54 Å². The van der Waals surface area contributed by atoms with Crippen molar-refractivity contribution in [3.05, 3.63) is 65.2 Å². The lowest BCUT2D eigenvalue weighted by molar-refractivity contribution is -0.120. The first-order valence-electron chi connectivity index (χ1n) is 9.17. The summed E-state index contributed by atoms with van der Waals surface area (Å²) in [5, 5.41) is 8.03. The van der Waals surface area contributed by atoms with Crippen molar-refractivity contribution >= 4 is 15.9 Å². The van der Waals surface area contributed by atoms with Gasteiger partial charge in [0.2, 0.25) is 15.9 Å². The van der Waals surface area contributed by atoms with Gasteiger partial charge in [0, 0.05) is 26.2 Å². The monoisotopic (exact) mass is 403 g/mol. The van der Waals surface area contributed by atoms with Gasteiger partial charge in [-0.2, -0.15) is 0 Å². The van der Waals surface area contributed by atoms with Crippen molar-refractivity contribution in [3.63, 3.8) is 0 Å². The van der Waals surface area contributed by atoms with Crippen molar-refractivity contribution in [2.24, 2.45) is 5.14 Å². The van der Waals surface area contributed by atoms with Gasteiger partial charge in [0.25, 0.3) is 0 Å². The van der Waals surface area contributed by atoms with Gasteiger partial charge in [-0.15, -0.1) is 0 Å². The van der Waals surface area contributed by atoms with Crippen LogP contribution in [0.5, 0.6) is 0 Å². The minimum atomic E-state index is -3.72. The Kier molecular flexibility index (Phi) is 6.79. The Morgan fingerprint density at radius 2 is 1.68 bits per heavy atom. The summed E-state index contributed by atoms with van der Waals surface area (Å²) < 4.78 is 28.0. The summed E-state index contributed by atoms with van der Waals surface area (Å²) in [6.07, 6.45) is 0.177. The maximum Gasteiger partial charge on any atom is 0.238 e. The van der Waals surface area contributed by atoms with Crippen LogP contribution in [0.25, 0.3) is 0 Å². The lowest BCUT2D eigenvalue weighted by Crippen LogP contribution is -2.36. The quantitative estimate of drug-likeness (QED) is 0.719. The molecule has 0 aromatic heterocycles. The molecule has 2 aromatic rings. The van der Waals surface area contributed by atoms with Crippen LogP contribution in [0.3, 0.4) is 0 Å². The molecule has 3 N–H and O–H groups in total. The molecule has 7 nitrogen and oxygen atoms in total. The topological polar surface area (TPSA) is 102 Å². The number of ether oxygens (including phenoxy) is 1. The molecule has 0 saturated carbocycles. The van der Waals surface area contributed by atoms with E-state index in [-0.39, 0.29) is 17.2 Å². The molecule has 2 aromatic carbocycles. The molecule has 0 atom stereocenters. The van der Waals surface area contributed by atoms with E-state index in [1.165, 1.54) is 17.7 Å². The van der Waals surface area contributed by atoms with Crippen LogP contribution in [0.15, 0.2) is 53.4 Å². The lowest BCUT2D eigenvalue weighted by Gasteiger charge is -2.27. The summed E-state index contributed by atoms with van der Waals surface area (Å²) >= 11 is 0. The highest BCUT2D eigenvalue weighted by molar-refractivity contribution is 7.89. The van der Waals surface area contributed by atoms with Crippen molar-refractivity contribution in [2.45, 2.75) is 24.4 Å². The second-order valence-corrected chi connectivity index (χ2v) is 8.36. The first-order valence-corrected chi connectivity index (χ1v) is 10.7. The molecule has 0 radical (unpaired) electrons. The van der Waals surface area contributed by atoms with Gasteiger partial charge < -0.3 is 10.1 Å². The zero-order valence-electron chi connectivity index (χ0n) is 15.6. The number of carbonyl (C=O) groups excluding carboxylic acids is 1. The molecule has 1 aliphatic rings. The third-order valence-electron chi connectivity index (χ3n) is 4.71. The fraction of sp³-hybridized carbons (Fsp3) is 0.350. The first-order chi connectivity index (χ1) is 13.4. The Morgan fingerprint density at radius 1 is 1.04 bits per heavy atom. The van der Waals surface area contributed by atoms with E-state index in [2.05, 4.69) is 16.3 Å². The largest absolute Gasteiger partial charge is 0.379 e. The normalized spacial score (nSPS) is 15.3. The molecule has 3 rings (SSSR count). The molecule has 0 aliphatic carbocycles. The summed E-state index contributed by atoms with van der Waals surface area (Å²) in [6.45, 7) is 4.62. The smallest absolute Gasteiger partial charge is 0.238 e. The van der Waals surface area contributed by atoms with Gasteiger partial charge in [0.15, 0.2) is 0 Å². The fourth-order valence-electron chi connectivity index (χ4n) is 3.12. The number of sulfonamides is 1. The van der Waals surface area contributed by atoms with Gasteiger partial charge in [-0.3, -0.25) is 9.69 Å². The fourth-order valence-corrected chi connectivity index (χ4v) is 3.64. The molecule has 1 saturated heterocycles. The summed E-state index contributed by atoms with van der Waals surface area (Å²) in [6, 6.07) is 14.1. The zero-order valence-corrected chi connectivity index (χ0v) is 16.5. The first kappa shape index (κ1) is 20.5. The number of nitrogens with two attached hydrogens (primary N) is 1. The van der Waals surface area contributed by atoms with Gasteiger partial charge in [-0.1, -0.05) is 36.4 Å². The van der Waals surface area contributed by atoms with Crippen LogP contribution in [-0.2, 0) is 39.1 Å². The van der Waals surface area contributed by atoms with Crippen LogP contribution in [0, 0.1) is 0 Å². The van der Waals surface area contributed by atoms with Gasteiger partial charge in [0.1, 0.15) is 0 Å². The van der Waals surface area contributed by atoms with E-state index < -0.39 is 10.0 Å². The molecule has 28 heavy (non-hydrogen) atoms. The minimum absolute atomic E-state index is 0.0358. The Bertz CT molecular complexity index is 907. The molecule has 8 heteroatoms. The second kappa shape index (κ2) is 9.29. The number of hydrogen-bond acceptors (Lipinski definition) is 5. The van der Waals surface area contributed by atoms with Crippen LogP contribution in [0.1, 0.15) is 16.7 Å². The zero-order chi connectivity index (χ0) is 20.0. The average Bonchev–Trinajstić information content (AvgIpc) is 2.68. The number of carbonyl (C=O) groups is 1. The molecular weight excluding hydrogens is 378 g/mol.